The van der Waals surface area contributed by atoms with Gasteiger partial charge in [0.15, 0.2) is 0 Å². The zero-order valence-corrected chi connectivity index (χ0v) is 20.6. The first kappa shape index (κ1) is 24.8. The highest BCUT2D eigenvalue weighted by Crippen LogP contribution is 2.29. The number of imidazole rings is 1. The monoisotopic (exact) mass is 512 g/mol. The average molecular weight is 513 g/mol. The van der Waals surface area contributed by atoms with Crippen molar-refractivity contribution in [2.45, 2.75) is 32.2 Å². The number of fused-ring (bicyclic) bond motifs is 4. The van der Waals surface area contributed by atoms with Gasteiger partial charge in [0.2, 0.25) is 11.8 Å². The van der Waals surface area contributed by atoms with Crippen molar-refractivity contribution in [3.8, 4) is 16.9 Å². The lowest BCUT2D eigenvalue weighted by atomic mass is 10.1. The molecule has 0 saturated carbocycles. The number of amides is 2. The maximum absolute atomic E-state index is 14.1. The smallest absolute Gasteiger partial charge is 0.244 e. The third-order valence-electron chi connectivity index (χ3n) is 6.06. The van der Waals surface area contributed by atoms with Crippen molar-refractivity contribution in [2.75, 3.05) is 5.32 Å². The van der Waals surface area contributed by atoms with Gasteiger partial charge in [-0.1, -0.05) is 23.8 Å². The van der Waals surface area contributed by atoms with E-state index < -0.39 is 11.9 Å². The highest BCUT2D eigenvalue weighted by atomic mass is 19.1. The van der Waals surface area contributed by atoms with Crippen LogP contribution in [0.4, 0.5) is 10.1 Å². The number of allylic oxidation sites excluding steroid dienone is 1. The molecule has 1 aliphatic rings. The molecule has 0 saturated heterocycles. The standard InChI is InChI=1S/C27H25FN8O2/c1-17-7-11-24(36-16-30-34-35-36)18(13-17)8-12-26(38)32-22-5-3-2-4-6-25(37)31-21-10-9-19(28)14-20(21)23-15-29-27(22)33-23/h2-3,7-16,22H,4-6H2,1H3,(H,29,33)(H,31,37)(H,32,38)/b3-2+,12-8+/t22-/m0/s1. The Balaban J connectivity index is 1.41. The minimum Gasteiger partial charge on any atom is -0.342 e. The number of tetrazole rings is 1. The topological polar surface area (TPSA) is 130 Å². The molecule has 5 rings (SSSR count). The van der Waals surface area contributed by atoms with E-state index in [1.807, 2.05) is 37.3 Å². The fourth-order valence-corrected chi connectivity index (χ4v) is 4.19. The molecule has 2 bridgehead atoms. The third kappa shape index (κ3) is 5.72. The first-order valence-electron chi connectivity index (χ1n) is 12.1. The van der Waals surface area contributed by atoms with Crippen molar-refractivity contribution in [3.05, 3.63) is 89.9 Å². The van der Waals surface area contributed by atoms with E-state index in [0.717, 1.165) is 16.8 Å². The van der Waals surface area contributed by atoms with E-state index in [9.17, 15) is 14.0 Å². The third-order valence-corrected chi connectivity index (χ3v) is 6.06. The van der Waals surface area contributed by atoms with E-state index in [0.29, 0.717) is 35.6 Å². The largest absolute Gasteiger partial charge is 0.342 e. The highest BCUT2D eigenvalue weighted by Gasteiger charge is 2.19. The number of halogens is 1. The number of aromatic amines is 1. The summed E-state index contributed by atoms with van der Waals surface area (Å²) in [4.78, 5) is 33.0. The maximum Gasteiger partial charge on any atom is 0.244 e. The Kier molecular flexibility index (Phi) is 7.16. The number of H-pyrrole nitrogens is 1. The summed E-state index contributed by atoms with van der Waals surface area (Å²) < 4.78 is 15.6. The fourth-order valence-electron chi connectivity index (χ4n) is 4.19. The van der Waals surface area contributed by atoms with Crippen LogP contribution in [0.3, 0.4) is 0 Å². The summed E-state index contributed by atoms with van der Waals surface area (Å²) >= 11 is 0. The van der Waals surface area contributed by atoms with E-state index in [1.165, 1.54) is 35.3 Å². The first-order chi connectivity index (χ1) is 18.5. The minimum absolute atomic E-state index is 0.173. The van der Waals surface area contributed by atoms with Crippen LogP contribution in [-0.2, 0) is 9.59 Å². The molecule has 192 valence electrons. The Morgan fingerprint density at radius 2 is 2.11 bits per heavy atom. The summed E-state index contributed by atoms with van der Waals surface area (Å²) in [6, 6.07) is 9.44. The van der Waals surface area contributed by atoms with Crippen LogP contribution >= 0.6 is 0 Å². The summed E-state index contributed by atoms with van der Waals surface area (Å²) in [6.07, 6.45) is 11.3. The molecule has 0 spiro atoms. The molecule has 0 radical (unpaired) electrons. The van der Waals surface area contributed by atoms with Gasteiger partial charge in [-0.05, 0) is 66.6 Å². The van der Waals surface area contributed by atoms with Crippen LogP contribution in [-0.4, -0.2) is 42.0 Å². The van der Waals surface area contributed by atoms with E-state index in [1.54, 1.807) is 12.3 Å². The predicted octanol–water partition coefficient (Wildman–Crippen LogP) is 4.05. The maximum atomic E-state index is 14.1. The van der Waals surface area contributed by atoms with Crippen molar-refractivity contribution >= 4 is 23.6 Å². The van der Waals surface area contributed by atoms with E-state index >= 15 is 0 Å². The molecule has 2 aromatic heterocycles. The van der Waals surface area contributed by atoms with Gasteiger partial charge < -0.3 is 15.6 Å². The quantitative estimate of drug-likeness (QED) is 0.279. The molecule has 1 atom stereocenters. The Morgan fingerprint density at radius 3 is 2.95 bits per heavy atom. The molecule has 10 nitrogen and oxygen atoms in total. The van der Waals surface area contributed by atoms with Crippen LogP contribution in [0.1, 0.15) is 42.3 Å². The SMILES string of the molecule is Cc1ccc(-n2cnnn2)c(/C=C/C(=O)N[C@H]2C/C=C/CCC(=O)Nc3ccc(F)cc3-c3cnc2[nH]3)c1. The second-order valence-electron chi connectivity index (χ2n) is 8.88. The van der Waals surface area contributed by atoms with Crippen molar-refractivity contribution in [1.29, 1.82) is 0 Å². The molecule has 0 fully saturated rings. The van der Waals surface area contributed by atoms with Gasteiger partial charge in [0.05, 0.1) is 29.3 Å². The number of anilines is 1. The van der Waals surface area contributed by atoms with E-state index in [4.69, 9.17) is 0 Å². The highest BCUT2D eigenvalue weighted by molar-refractivity contribution is 5.95. The number of hydrogen-bond acceptors (Lipinski definition) is 6. The predicted molar refractivity (Wildman–Crippen MR) is 139 cm³/mol. The van der Waals surface area contributed by atoms with Crippen LogP contribution in [0.25, 0.3) is 23.0 Å². The summed E-state index contributed by atoms with van der Waals surface area (Å²) in [5.41, 5.74) is 4.02. The molecule has 11 heteroatoms. The van der Waals surface area contributed by atoms with E-state index in [2.05, 4.69) is 36.1 Å². The molecule has 4 aromatic rings. The van der Waals surface area contributed by atoms with Crippen molar-refractivity contribution in [3.63, 3.8) is 0 Å². The second-order valence-corrected chi connectivity index (χ2v) is 8.88. The lowest BCUT2D eigenvalue weighted by molar-refractivity contribution is -0.117. The molecule has 1 aliphatic heterocycles. The van der Waals surface area contributed by atoms with Gasteiger partial charge in [-0.2, -0.15) is 4.68 Å². The Labute approximate surface area is 217 Å². The zero-order valence-electron chi connectivity index (χ0n) is 20.6. The van der Waals surface area contributed by atoms with Gasteiger partial charge >= 0.3 is 0 Å². The fraction of sp³-hybridized carbons (Fsp3) is 0.185. The van der Waals surface area contributed by atoms with Crippen LogP contribution in [0.15, 0.2) is 67.2 Å². The number of rotatable bonds is 4. The van der Waals surface area contributed by atoms with Crippen LogP contribution in [0, 0.1) is 12.7 Å². The van der Waals surface area contributed by atoms with Crippen LogP contribution in [0.2, 0.25) is 0 Å². The van der Waals surface area contributed by atoms with Gasteiger partial charge in [0, 0.05) is 23.6 Å². The number of carbonyl (C=O) groups is 2. The Bertz CT molecular complexity index is 1520. The van der Waals surface area contributed by atoms with Crippen LogP contribution in [0.5, 0.6) is 0 Å². The number of carbonyl (C=O) groups excluding carboxylic acids is 2. The number of aryl methyl sites for hydroxylation is 1. The second kappa shape index (κ2) is 11.0. The van der Waals surface area contributed by atoms with E-state index in [-0.39, 0.29) is 18.2 Å². The summed E-state index contributed by atoms with van der Waals surface area (Å²) in [6.45, 7) is 1.96. The number of benzene rings is 2. The Morgan fingerprint density at radius 1 is 1.21 bits per heavy atom. The molecular weight excluding hydrogens is 487 g/mol. The molecular formula is C27H25FN8O2. The summed E-state index contributed by atoms with van der Waals surface area (Å²) in [5.74, 6) is -0.420. The molecule has 3 N–H and O–H groups in total. The van der Waals surface area contributed by atoms with Crippen molar-refractivity contribution < 1.29 is 14.0 Å². The molecule has 2 aromatic carbocycles. The minimum atomic E-state index is -0.477. The molecule has 38 heavy (non-hydrogen) atoms. The molecule has 3 heterocycles. The number of nitrogens with zero attached hydrogens (tertiary/aromatic N) is 5. The number of nitrogens with one attached hydrogen (secondary N) is 3. The molecule has 0 aliphatic carbocycles. The lowest BCUT2D eigenvalue weighted by Crippen LogP contribution is -2.27. The lowest BCUT2D eigenvalue weighted by Gasteiger charge is -2.14. The number of aromatic nitrogens is 6. The van der Waals surface area contributed by atoms with Gasteiger partial charge in [-0.15, -0.1) is 5.10 Å². The van der Waals surface area contributed by atoms with Crippen molar-refractivity contribution in [1.82, 2.24) is 35.5 Å². The van der Waals surface area contributed by atoms with Gasteiger partial charge in [0.1, 0.15) is 18.0 Å². The summed E-state index contributed by atoms with van der Waals surface area (Å²) in [5, 5.41) is 17.1. The van der Waals surface area contributed by atoms with Crippen molar-refractivity contribution in [2.24, 2.45) is 0 Å². The number of hydrogen-bond donors (Lipinski definition) is 3. The summed E-state index contributed by atoms with van der Waals surface area (Å²) in [7, 11) is 0. The van der Waals surface area contributed by atoms with Gasteiger partial charge in [-0.25, -0.2) is 9.37 Å². The normalized spacial score (nSPS) is 16.6. The molecule has 2 amide bonds. The average Bonchev–Trinajstić information content (AvgIpc) is 3.60. The first-order valence-corrected chi connectivity index (χ1v) is 12.1. The molecule has 0 unspecified atom stereocenters. The zero-order chi connectivity index (χ0) is 26.5. The van der Waals surface area contributed by atoms with Gasteiger partial charge in [-0.3, -0.25) is 9.59 Å². The Hall–Kier alpha value is -4.93. The van der Waals surface area contributed by atoms with Gasteiger partial charge in [0.25, 0.3) is 0 Å². The van der Waals surface area contributed by atoms with Crippen LogP contribution < -0.4 is 10.6 Å².